The number of carbonyl (C=O) groups excluding carboxylic acids is 1. The second-order valence-corrected chi connectivity index (χ2v) is 6.96. The van der Waals surface area contributed by atoms with Crippen LogP contribution in [0.1, 0.15) is 47.5 Å². The smallest absolute Gasteiger partial charge is 0.251 e. The van der Waals surface area contributed by atoms with Gasteiger partial charge in [-0.3, -0.25) is 4.79 Å². The van der Waals surface area contributed by atoms with Crippen molar-refractivity contribution < 1.29 is 4.79 Å². The Hall–Kier alpha value is -3.95. The molecule has 152 valence electrons. The summed E-state index contributed by atoms with van der Waals surface area (Å²) in [6.45, 7) is 5.81. The molecule has 1 atom stereocenters. The molecule has 0 aliphatic heterocycles. The van der Waals surface area contributed by atoms with Gasteiger partial charge in [-0.15, -0.1) is 15.3 Å². The van der Waals surface area contributed by atoms with E-state index < -0.39 is 6.04 Å². The minimum Gasteiger partial charge on any atom is -0.342 e. The summed E-state index contributed by atoms with van der Waals surface area (Å²) >= 11 is 0. The van der Waals surface area contributed by atoms with E-state index in [0.29, 0.717) is 29.3 Å². The van der Waals surface area contributed by atoms with Crippen molar-refractivity contribution in [1.29, 1.82) is 0 Å². The highest BCUT2D eigenvalue weighted by Gasteiger charge is 2.18. The van der Waals surface area contributed by atoms with Gasteiger partial charge in [-0.25, -0.2) is 0 Å². The van der Waals surface area contributed by atoms with E-state index in [1.54, 1.807) is 17.7 Å². The molecule has 0 fully saturated rings. The van der Waals surface area contributed by atoms with Crippen LogP contribution in [0.5, 0.6) is 0 Å². The SMILES string of the molecule is CCc1nnnn1-c1cc(C(=O)NC(C)c2nn[nH]n2)cc(-c2ccc(C)cc2)c1. The first-order valence-electron chi connectivity index (χ1n) is 9.59. The molecule has 10 heteroatoms. The molecule has 2 N–H and O–H groups in total. The fourth-order valence-corrected chi connectivity index (χ4v) is 3.10. The predicted molar refractivity (Wildman–Crippen MR) is 109 cm³/mol. The number of carbonyl (C=O) groups is 1. The van der Waals surface area contributed by atoms with Crippen molar-refractivity contribution in [2.45, 2.75) is 33.2 Å². The summed E-state index contributed by atoms with van der Waals surface area (Å²) in [5.41, 5.74) is 4.25. The topological polar surface area (TPSA) is 127 Å². The molecule has 0 saturated heterocycles. The third kappa shape index (κ3) is 3.93. The second kappa shape index (κ2) is 8.19. The van der Waals surface area contributed by atoms with Crippen molar-refractivity contribution in [3.63, 3.8) is 0 Å². The van der Waals surface area contributed by atoms with Gasteiger partial charge in [0.25, 0.3) is 5.91 Å². The number of hydrogen-bond donors (Lipinski definition) is 2. The van der Waals surface area contributed by atoms with Gasteiger partial charge in [0.1, 0.15) is 0 Å². The van der Waals surface area contributed by atoms with Gasteiger partial charge < -0.3 is 5.32 Å². The van der Waals surface area contributed by atoms with Crippen LogP contribution in [0.4, 0.5) is 0 Å². The summed E-state index contributed by atoms with van der Waals surface area (Å²) in [7, 11) is 0. The molecular formula is C20H21N9O. The number of aromatic nitrogens is 8. The summed E-state index contributed by atoms with van der Waals surface area (Å²) in [5.74, 6) is 0.864. The van der Waals surface area contributed by atoms with E-state index in [-0.39, 0.29) is 5.91 Å². The van der Waals surface area contributed by atoms with Crippen molar-refractivity contribution in [2.75, 3.05) is 0 Å². The van der Waals surface area contributed by atoms with Crippen molar-refractivity contribution in [2.24, 2.45) is 0 Å². The maximum absolute atomic E-state index is 13.0. The Morgan fingerprint density at radius 2 is 1.93 bits per heavy atom. The average Bonchev–Trinajstić information content (AvgIpc) is 3.46. The number of aromatic amines is 1. The van der Waals surface area contributed by atoms with E-state index in [2.05, 4.69) is 41.5 Å². The molecule has 10 nitrogen and oxygen atoms in total. The molecule has 0 bridgehead atoms. The first kappa shape index (κ1) is 19.4. The van der Waals surface area contributed by atoms with E-state index in [1.807, 2.05) is 50.2 Å². The summed E-state index contributed by atoms with van der Waals surface area (Å²) in [6, 6.07) is 13.3. The first-order chi connectivity index (χ1) is 14.5. The van der Waals surface area contributed by atoms with E-state index >= 15 is 0 Å². The van der Waals surface area contributed by atoms with E-state index in [9.17, 15) is 4.79 Å². The maximum atomic E-state index is 13.0. The second-order valence-electron chi connectivity index (χ2n) is 6.96. The number of nitrogens with one attached hydrogen (secondary N) is 2. The van der Waals surface area contributed by atoms with Crippen LogP contribution in [0.15, 0.2) is 42.5 Å². The Kier molecular flexibility index (Phi) is 5.29. The highest BCUT2D eigenvalue weighted by molar-refractivity contribution is 5.96. The molecule has 0 saturated carbocycles. The quantitative estimate of drug-likeness (QED) is 0.505. The lowest BCUT2D eigenvalue weighted by Gasteiger charge is -2.13. The molecule has 2 heterocycles. The first-order valence-corrected chi connectivity index (χ1v) is 9.59. The zero-order valence-electron chi connectivity index (χ0n) is 16.9. The molecule has 4 rings (SSSR count). The van der Waals surface area contributed by atoms with Crippen LogP contribution in [0.25, 0.3) is 16.8 Å². The third-order valence-corrected chi connectivity index (χ3v) is 4.76. The van der Waals surface area contributed by atoms with Gasteiger partial charge in [-0.1, -0.05) is 42.0 Å². The zero-order chi connectivity index (χ0) is 21.1. The normalized spacial score (nSPS) is 12.0. The minimum atomic E-state index is -0.401. The molecule has 1 amide bonds. The van der Waals surface area contributed by atoms with Crippen molar-refractivity contribution in [3.8, 4) is 16.8 Å². The van der Waals surface area contributed by atoms with Crippen molar-refractivity contribution in [1.82, 2.24) is 46.1 Å². The van der Waals surface area contributed by atoms with Crippen LogP contribution in [-0.4, -0.2) is 46.7 Å². The molecule has 0 aliphatic carbocycles. The van der Waals surface area contributed by atoms with Crippen molar-refractivity contribution >= 4 is 5.91 Å². The fraction of sp³-hybridized carbons (Fsp3) is 0.250. The van der Waals surface area contributed by atoms with E-state index in [1.165, 1.54) is 0 Å². The van der Waals surface area contributed by atoms with Crippen LogP contribution in [-0.2, 0) is 6.42 Å². The Bertz CT molecular complexity index is 1150. The van der Waals surface area contributed by atoms with Gasteiger partial charge in [0.05, 0.1) is 11.7 Å². The standard InChI is InChI=1S/C20H21N9O/c1-4-18-22-27-28-29(18)17-10-15(14-7-5-12(2)6-8-14)9-16(11-17)20(30)21-13(3)19-23-25-26-24-19/h5-11,13H,4H2,1-3H3,(H,21,30)(H,23,24,25,26). The number of rotatable bonds is 6. The number of benzene rings is 2. The monoisotopic (exact) mass is 403 g/mol. The van der Waals surface area contributed by atoms with Gasteiger partial charge in [-0.2, -0.15) is 9.90 Å². The third-order valence-electron chi connectivity index (χ3n) is 4.76. The van der Waals surface area contributed by atoms with Crippen LogP contribution in [0, 0.1) is 6.92 Å². The number of aryl methyl sites for hydroxylation is 2. The molecule has 2 aromatic carbocycles. The van der Waals surface area contributed by atoms with Crippen LogP contribution < -0.4 is 5.32 Å². The van der Waals surface area contributed by atoms with Crippen molar-refractivity contribution in [3.05, 3.63) is 65.2 Å². The largest absolute Gasteiger partial charge is 0.342 e. The van der Waals surface area contributed by atoms with Gasteiger partial charge in [0.15, 0.2) is 11.6 Å². The molecule has 4 aromatic rings. The minimum absolute atomic E-state index is 0.256. The lowest BCUT2D eigenvalue weighted by Crippen LogP contribution is -2.27. The number of amides is 1. The summed E-state index contributed by atoms with van der Waals surface area (Å²) in [4.78, 5) is 13.0. The fourth-order valence-electron chi connectivity index (χ4n) is 3.10. The summed E-state index contributed by atoms with van der Waals surface area (Å²) < 4.78 is 1.65. The van der Waals surface area contributed by atoms with Gasteiger partial charge in [-0.05, 0) is 53.6 Å². The molecule has 2 aromatic heterocycles. The Labute approximate surface area is 172 Å². The molecule has 1 unspecified atom stereocenters. The predicted octanol–water partition coefficient (Wildman–Crippen LogP) is 2.20. The number of tetrazole rings is 2. The number of hydrogen-bond acceptors (Lipinski definition) is 7. The lowest BCUT2D eigenvalue weighted by atomic mass is 10.0. The number of H-pyrrole nitrogens is 1. The zero-order valence-corrected chi connectivity index (χ0v) is 16.9. The van der Waals surface area contributed by atoms with Crippen LogP contribution in [0.3, 0.4) is 0 Å². The lowest BCUT2D eigenvalue weighted by molar-refractivity contribution is 0.0938. The Balaban J connectivity index is 1.75. The van der Waals surface area contributed by atoms with E-state index in [0.717, 1.165) is 16.7 Å². The summed E-state index contributed by atoms with van der Waals surface area (Å²) in [6.07, 6.45) is 0.665. The maximum Gasteiger partial charge on any atom is 0.251 e. The van der Waals surface area contributed by atoms with Crippen LogP contribution in [0.2, 0.25) is 0 Å². The highest BCUT2D eigenvalue weighted by atomic mass is 16.1. The average molecular weight is 403 g/mol. The molecule has 30 heavy (non-hydrogen) atoms. The molecule has 0 aliphatic rings. The van der Waals surface area contributed by atoms with Gasteiger partial charge in [0.2, 0.25) is 0 Å². The molecule has 0 spiro atoms. The summed E-state index contributed by atoms with van der Waals surface area (Å²) in [5, 5.41) is 28.6. The van der Waals surface area contributed by atoms with E-state index in [4.69, 9.17) is 0 Å². The Morgan fingerprint density at radius 1 is 1.13 bits per heavy atom. The molecule has 0 radical (unpaired) electrons. The van der Waals surface area contributed by atoms with Gasteiger partial charge >= 0.3 is 0 Å². The van der Waals surface area contributed by atoms with Crippen LogP contribution >= 0.6 is 0 Å². The van der Waals surface area contributed by atoms with Gasteiger partial charge in [0, 0.05) is 12.0 Å². The highest BCUT2D eigenvalue weighted by Crippen LogP contribution is 2.25. The molecular weight excluding hydrogens is 382 g/mol. The Morgan fingerprint density at radius 3 is 2.63 bits per heavy atom. The number of nitrogens with zero attached hydrogens (tertiary/aromatic N) is 7.